The maximum Gasteiger partial charge on any atom is 0.311 e. The maximum atomic E-state index is 11.7. The van der Waals surface area contributed by atoms with Crippen LogP contribution in [0, 0.1) is 20.8 Å². The fourth-order valence-electron chi connectivity index (χ4n) is 2.62. The lowest BCUT2D eigenvalue weighted by atomic mass is 10.1. The Kier molecular flexibility index (Phi) is 4.61. The Bertz CT molecular complexity index is 973. The number of benzene rings is 1. The van der Waals surface area contributed by atoms with Crippen LogP contribution >= 0.6 is 0 Å². The maximum absolute atomic E-state index is 11.7. The van der Waals surface area contributed by atoms with Crippen molar-refractivity contribution in [2.24, 2.45) is 10.2 Å². The molecule has 0 amide bonds. The van der Waals surface area contributed by atoms with Gasteiger partial charge in [-0.25, -0.2) is 4.98 Å². The second kappa shape index (κ2) is 6.84. The summed E-state index contributed by atoms with van der Waals surface area (Å²) in [6.45, 7) is 6.02. The van der Waals surface area contributed by atoms with Gasteiger partial charge in [-0.2, -0.15) is 0 Å². The number of nitrogens with zero attached hydrogens (tertiary/aromatic N) is 4. The SMILES string of the molecule is COC(=O)Cc1nc2c(C)cccn2c1N=Nc1cccc(C)c1C. The van der Waals surface area contributed by atoms with Crippen LogP contribution in [-0.2, 0) is 16.0 Å². The lowest BCUT2D eigenvalue weighted by Crippen LogP contribution is -2.04. The standard InChI is InChI=1S/C19H20N4O2/c1-12-7-5-9-15(14(12)3)21-22-19-16(11-17(24)25-4)20-18-13(2)8-6-10-23(18)19/h5-10H,11H2,1-4H3. The Morgan fingerprint density at radius 3 is 2.64 bits per heavy atom. The number of azo groups is 1. The molecule has 0 fully saturated rings. The van der Waals surface area contributed by atoms with Gasteiger partial charge in [0.1, 0.15) is 5.65 Å². The van der Waals surface area contributed by atoms with Crippen molar-refractivity contribution in [3.05, 3.63) is 58.9 Å². The van der Waals surface area contributed by atoms with E-state index in [-0.39, 0.29) is 12.4 Å². The second-order valence-corrected chi connectivity index (χ2v) is 5.94. The van der Waals surface area contributed by atoms with Crippen LogP contribution in [0.2, 0.25) is 0 Å². The number of aryl methyl sites for hydroxylation is 2. The lowest BCUT2D eigenvalue weighted by Gasteiger charge is -2.03. The monoisotopic (exact) mass is 336 g/mol. The van der Waals surface area contributed by atoms with Crippen LogP contribution in [0.15, 0.2) is 46.8 Å². The Hall–Kier alpha value is -3.02. The Labute approximate surface area is 146 Å². The average Bonchev–Trinajstić information content (AvgIpc) is 2.95. The summed E-state index contributed by atoms with van der Waals surface area (Å²) in [6, 6.07) is 9.79. The molecule has 0 aliphatic heterocycles. The van der Waals surface area contributed by atoms with Gasteiger partial charge in [-0.15, -0.1) is 10.2 Å². The Morgan fingerprint density at radius 2 is 1.88 bits per heavy atom. The largest absolute Gasteiger partial charge is 0.469 e. The van der Waals surface area contributed by atoms with Gasteiger partial charge in [-0.05, 0) is 49.6 Å². The summed E-state index contributed by atoms with van der Waals surface area (Å²) in [5, 5.41) is 8.81. The molecule has 2 heterocycles. The molecule has 0 aliphatic carbocycles. The molecule has 0 bridgehead atoms. The van der Waals surface area contributed by atoms with Gasteiger partial charge >= 0.3 is 5.97 Å². The number of aromatic nitrogens is 2. The van der Waals surface area contributed by atoms with E-state index in [0.717, 1.165) is 28.0 Å². The number of methoxy groups -OCH3 is 1. The number of ether oxygens (including phenoxy) is 1. The van der Waals surface area contributed by atoms with Crippen molar-refractivity contribution < 1.29 is 9.53 Å². The van der Waals surface area contributed by atoms with Crippen molar-refractivity contribution in [3.8, 4) is 0 Å². The summed E-state index contributed by atoms with van der Waals surface area (Å²) in [7, 11) is 1.36. The van der Waals surface area contributed by atoms with Crippen molar-refractivity contribution in [1.29, 1.82) is 0 Å². The van der Waals surface area contributed by atoms with Crippen molar-refractivity contribution in [2.75, 3.05) is 7.11 Å². The van der Waals surface area contributed by atoms with Crippen LogP contribution in [0.4, 0.5) is 11.5 Å². The number of rotatable bonds is 4. The molecule has 0 saturated carbocycles. The van der Waals surface area contributed by atoms with Crippen LogP contribution in [-0.4, -0.2) is 22.5 Å². The molecule has 0 unspecified atom stereocenters. The van der Waals surface area contributed by atoms with Gasteiger partial charge in [0.2, 0.25) is 0 Å². The highest BCUT2D eigenvalue weighted by Gasteiger charge is 2.17. The van der Waals surface area contributed by atoms with Gasteiger partial charge in [-0.1, -0.05) is 18.2 Å². The third-order valence-corrected chi connectivity index (χ3v) is 4.26. The molecule has 6 heteroatoms. The predicted octanol–water partition coefficient (Wildman–Crippen LogP) is 4.39. The van der Waals surface area contributed by atoms with E-state index in [1.807, 2.05) is 61.7 Å². The van der Waals surface area contributed by atoms with E-state index in [4.69, 9.17) is 4.74 Å². The highest BCUT2D eigenvalue weighted by Crippen LogP contribution is 2.28. The van der Waals surface area contributed by atoms with Gasteiger partial charge in [0, 0.05) is 6.20 Å². The van der Waals surface area contributed by atoms with Crippen LogP contribution in [0.5, 0.6) is 0 Å². The first-order chi connectivity index (χ1) is 12.0. The molecule has 3 rings (SSSR count). The zero-order valence-electron chi connectivity index (χ0n) is 14.8. The molecule has 0 saturated heterocycles. The average molecular weight is 336 g/mol. The van der Waals surface area contributed by atoms with Gasteiger partial charge in [-0.3, -0.25) is 9.20 Å². The summed E-state index contributed by atoms with van der Waals surface area (Å²) in [4.78, 5) is 16.3. The first-order valence-corrected chi connectivity index (χ1v) is 8.02. The molecule has 0 aliphatic rings. The molecule has 0 spiro atoms. The molecule has 3 aromatic rings. The molecule has 1 aromatic carbocycles. The van der Waals surface area contributed by atoms with E-state index >= 15 is 0 Å². The first kappa shape index (κ1) is 16.8. The lowest BCUT2D eigenvalue weighted by molar-refractivity contribution is -0.139. The van der Waals surface area contributed by atoms with Crippen molar-refractivity contribution in [1.82, 2.24) is 9.38 Å². The molecular weight excluding hydrogens is 316 g/mol. The smallest absolute Gasteiger partial charge is 0.311 e. The Balaban J connectivity index is 2.11. The van der Waals surface area contributed by atoms with Gasteiger partial charge in [0.15, 0.2) is 5.82 Å². The fraction of sp³-hybridized carbons (Fsp3) is 0.263. The number of pyridine rings is 1. The van der Waals surface area contributed by atoms with Crippen molar-refractivity contribution >= 4 is 23.1 Å². The number of fused-ring (bicyclic) bond motifs is 1. The fourth-order valence-corrected chi connectivity index (χ4v) is 2.62. The third-order valence-electron chi connectivity index (χ3n) is 4.26. The molecule has 128 valence electrons. The van der Waals surface area contributed by atoms with Gasteiger partial charge in [0.05, 0.1) is 24.9 Å². The van der Waals surface area contributed by atoms with Crippen LogP contribution in [0.1, 0.15) is 22.4 Å². The number of hydrogen-bond donors (Lipinski definition) is 0. The number of imidazole rings is 1. The summed E-state index contributed by atoms with van der Waals surface area (Å²) in [5.41, 5.74) is 5.34. The van der Waals surface area contributed by atoms with E-state index in [1.54, 1.807) is 0 Å². The minimum absolute atomic E-state index is 0.0543. The topological polar surface area (TPSA) is 68.3 Å². The van der Waals surface area contributed by atoms with E-state index in [9.17, 15) is 4.79 Å². The normalized spacial score (nSPS) is 11.4. The van der Waals surface area contributed by atoms with E-state index in [2.05, 4.69) is 15.2 Å². The van der Waals surface area contributed by atoms with Gasteiger partial charge < -0.3 is 4.74 Å². The van der Waals surface area contributed by atoms with E-state index in [0.29, 0.717) is 11.5 Å². The highest BCUT2D eigenvalue weighted by molar-refractivity contribution is 5.74. The zero-order valence-corrected chi connectivity index (χ0v) is 14.8. The molecule has 6 nitrogen and oxygen atoms in total. The third kappa shape index (κ3) is 3.28. The van der Waals surface area contributed by atoms with E-state index in [1.165, 1.54) is 7.11 Å². The Morgan fingerprint density at radius 1 is 1.12 bits per heavy atom. The van der Waals surface area contributed by atoms with Crippen LogP contribution in [0.3, 0.4) is 0 Å². The van der Waals surface area contributed by atoms with Crippen LogP contribution in [0.25, 0.3) is 5.65 Å². The first-order valence-electron chi connectivity index (χ1n) is 8.02. The number of esters is 1. The second-order valence-electron chi connectivity index (χ2n) is 5.94. The molecule has 2 aromatic heterocycles. The van der Waals surface area contributed by atoms with Gasteiger partial charge in [0.25, 0.3) is 0 Å². The molecular formula is C19H20N4O2. The highest BCUT2D eigenvalue weighted by atomic mass is 16.5. The molecule has 0 atom stereocenters. The van der Waals surface area contributed by atoms with E-state index < -0.39 is 0 Å². The minimum Gasteiger partial charge on any atom is -0.469 e. The summed E-state index contributed by atoms with van der Waals surface area (Å²) in [5.74, 6) is 0.189. The number of carbonyl (C=O) groups is 1. The van der Waals surface area contributed by atoms with Crippen LogP contribution < -0.4 is 0 Å². The quantitative estimate of drug-likeness (QED) is 0.524. The van der Waals surface area contributed by atoms with Crippen molar-refractivity contribution in [3.63, 3.8) is 0 Å². The van der Waals surface area contributed by atoms with Crippen molar-refractivity contribution in [2.45, 2.75) is 27.2 Å². The zero-order chi connectivity index (χ0) is 18.0. The minimum atomic E-state index is -0.357. The molecule has 25 heavy (non-hydrogen) atoms. The number of carbonyl (C=O) groups excluding carboxylic acids is 1. The summed E-state index contributed by atoms with van der Waals surface area (Å²) < 4.78 is 6.62. The number of hydrogen-bond acceptors (Lipinski definition) is 5. The molecule has 0 N–H and O–H groups in total. The summed E-state index contributed by atoms with van der Waals surface area (Å²) >= 11 is 0. The predicted molar refractivity (Wildman–Crippen MR) is 95.7 cm³/mol. The molecule has 0 radical (unpaired) electrons. The summed E-state index contributed by atoms with van der Waals surface area (Å²) in [6.07, 6.45) is 1.92.